The van der Waals surface area contributed by atoms with E-state index in [0.29, 0.717) is 29.4 Å². The summed E-state index contributed by atoms with van der Waals surface area (Å²) in [6.45, 7) is 0. The highest BCUT2D eigenvalue weighted by Crippen LogP contribution is 2.38. The number of Topliss-reactive ketones (excluding diaryl/α,β-unsaturated/α-hetero) is 1. The number of ether oxygens (including phenoxy) is 2. The van der Waals surface area contributed by atoms with Gasteiger partial charge in [-0.1, -0.05) is 24.3 Å². The lowest BCUT2D eigenvalue weighted by molar-refractivity contribution is 0.0967. The molecule has 0 heterocycles. The Morgan fingerprint density at radius 2 is 1.95 bits per heavy atom. The topological polar surface area (TPSA) is 35.5 Å². The maximum absolute atomic E-state index is 12.6. The standard InChI is InChI=1S/C18H18O3/c1-20-14-7-8-18(21-2)16(11-14)17(19)10-13-9-12-5-3-4-6-15(12)13/h3-8,11,13H,9-10H2,1-2H3. The van der Waals surface area contributed by atoms with E-state index in [9.17, 15) is 4.79 Å². The molecule has 2 aromatic carbocycles. The Bertz CT molecular complexity index is 676. The minimum Gasteiger partial charge on any atom is -0.497 e. The molecule has 3 rings (SSSR count). The molecule has 0 aromatic heterocycles. The molecule has 0 saturated carbocycles. The van der Waals surface area contributed by atoms with Crippen LogP contribution in [0.3, 0.4) is 0 Å². The van der Waals surface area contributed by atoms with Crippen LogP contribution in [-0.2, 0) is 6.42 Å². The number of methoxy groups -OCH3 is 2. The number of rotatable bonds is 5. The largest absolute Gasteiger partial charge is 0.497 e. The lowest BCUT2D eigenvalue weighted by atomic mass is 9.74. The molecule has 1 aliphatic carbocycles. The third kappa shape index (κ3) is 2.51. The van der Waals surface area contributed by atoms with Crippen molar-refractivity contribution in [1.29, 1.82) is 0 Å². The van der Waals surface area contributed by atoms with Gasteiger partial charge in [-0.3, -0.25) is 4.79 Å². The maximum atomic E-state index is 12.6. The highest BCUT2D eigenvalue weighted by molar-refractivity contribution is 5.99. The summed E-state index contributed by atoms with van der Waals surface area (Å²) < 4.78 is 10.5. The molecule has 0 saturated heterocycles. The van der Waals surface area contributed by atoms with Gasteiger partial charge in [0.2, 0.25) is 0 Å². The van der Waals surface area contributed by atoms with E-state index in [0.717, 1.165) is 6.42 Å². The van der Waals surface area contributed by atoms with Crippen LogP contribution in [0.25, 0.3) is 0 Å². The Morgan fingerprint density at radius 1 is 1.14 bits per heavy atom. The van der Waals surface area contributed by atoms with Gasteiger partial charge in [-0.15, -0.1) is 0 Å². The van der Waals surface area contributed by atoms with Gasteiger partial charge in [-0.05, 0) is 41.7 Å². The summed E-state index contributed by atoms with van der Waals surface area (Å²) in [6.07, 6.45) is 1.49. The molecule has 2 aromatic rings. The quantitative estimate of drug-likeness (QED) is 0.786. The molecule has 108 valence electrons. The van der Waals surface area contributed by atoms with Crippen LogP contribution >= 0.6 is 0 Å². The molecule has 0 radical (unpaired) electrons. The zero-order chi connectivity index (χ0) is 14.8. The molecule has 1 atom stereocenters. The first-order valence-electron chi connectivity index (χ1n) is 7.06. The summed E-state index contributed by atoms with van der Waals surface area (Å²) in [5, 5.41) is 0. The summed E-state index contributed by atoms with van der Waals surface area (Å²) in [5.74, 6) is 1.71. The second-order valence-corrected chi connectivity index (χ2v) is 5.29. The van der Waals surface area contributed by atoms with E-state index < -0.39 is 0 Å². The molecule has 21 heavy (non-hydrogen) atoms. The number of hydrogen-bond acceptors (Lipinski definition) is 3. The third-order valence-corrected chi connectivity index (χ3v) is 4.10. The van der Waals surface area contributed by atoms with Crippen molar-refractivity contribution in [1.82, 2.24) is 0 Å². The van der Waals surface area contributed by atoms with Crippen LogP contribution in [0, 0.1) is 0 Å². The van der Waals surface area contributed by atoms with E-state index in [-0.39, 0.29) is 5.78 Å². The van der Waals surface area contributed by atoms with E-state index >= 15 is 0 Å². The predicted molar refractivity (Wildman–Crippen MR) is 81.4 cm³/mol. The van der Waals surface area contributed by atoms with Crippen LogP contribution in [0.4, 0.5) is 0 Å². The van der Waals surface area contributed by atoms with Crippen molar-refractivity contribution in [2.45, 2.75) is 18.8 Å². The smallest absolute Gasteiger partial charge is 0.167 e. The lowest BCUT2D eigenvalue weighted by Crippen LogP contribution is -2.20. The lowest BCUT2D eigenvalue weighted by Gasteiger charge is -2.29. The van der Waals surface area contributed by atoms with Crippen LogP contribution < -0.4 is 9.47 Å². The third-order valence-electron chi connectivity index (χ3n) is 4.10. The van der Waals surface area contributed by atoms with Crippen molar-refractivity contribution in [3.63, 3.8) is 0 Å². The minimum atomic E-state index is 0.102. The monoisotopic (exact) mass is 282 g/mol. The van der Waals surface area contributed by atoms with Gasteiger partial charge in [0.1, 0.15) is 11.5 Å². The Morgan fingerprint density at radius 3 is 2.67 bits per heavy atom. The zero-order valence-corrected chi connectivity index (χ0v) is 12.3. The SMILES string of the molecule is COc1ccc(OC)c(C(=O)CC2Cc3ccccc32)c1. The van der Waals surface area contributed by atoms with Crippen molar-refractivity contribution >= 4 is 5.78 Å². The van der Waals surface area contributed by atoms with Crippen molar-refractivity contribution in [2.24, 2.45) is 0 Å². The number of hydrogen-bond donors (Lipinski definition) is 0. The Hall–Kier alpha value is -2.29. The summed E-state index contributed by atoms with van der Waals surface area (Å²) >= 11 is 0. The van der Waals surface area contributed by atoms with E-state index in [2.05, 4.69) is 12.1 Å². The van der Waals surface area contributed by atoms with Crippen LogP contribution in [0.2, 0.25) is 0 Å². The van der Waals surface area contributed by atoms with Crippen LogP contribution in [0.5, 0.6) is 11.5 Å². The average Bonchev–Trinajstić information content (AvgIpc) is 2.51. The van der Waals surface area contributed by atoms with Crippen molar-refractivity contribution < 1.29 is 14.3 Å². The molecule has 0 N–H and O–H groups in total. The first-order valence-corrected chi connectivity index (χ1v) is 7.06. The second-order valence-electron chi connectivity index (χ2n) is 5.29. The van der Waals surface area contributed by atoms with Gasteiger partial charge in [0.15, 0.2) is 5.78 Å². The van der Waals surface area contributed by atoms with E-state index in [4.69, 9.17) is 9.47 Å². The number of carbonyl (C=O) groups is 1. The summed E-state index contributed by atoms with van der Waals surface area (Å²) in [6, 6.07) is 13.6. The Labute approximate surface area is 124 Å². The summed E-state index contributed by atoms with van der Waals surface area (Å²) in [4.78, 5) is 12.6. The molecule has 0 fully saturated rings. The molecular formula is C18H18O3. The Balaban J connectivity index is 1.80. The van der Waals surface area contributed by atoms with Gasteiger partial charge in [-0.25, -0.2) is 0 Å². The van der Waals surface area contributed by atoms with Gasteiger partial charge in [0.05, 0.1) is 19.8 Å². The van der Waals surface area contributed by atoms with Crippen molar-refractivity contribution in [3.05, 3.63) is 59.2 Å². The highest BCUT2D eigenvalue weighted by atomic mass is 16.5. The minimum absolute atomic E-state index is 0.102. The first kappa shape index (κ1) is 13.7. The molecule has 0 amide bonds. The van der Waals surface area contributed by atoms with Crippen LogP contribution in [0.15, 0.2) is 42.5 Å². The molecule has 3 heteroatoms. The fraction of sp³-hybridized carbons (Fsp3) is 0.278. The van der Waals surface area contributed by atoms with E-state index in [1.165, 1.54) is 11.1 Å². The summed E-state index contributed by atoms with van der Waals surface area (Å²) in [7, 11) is 3.18. The predicted octanol–water partition coefficient (Wildman–Crippen LogP) is 3.62. The number of ketones is 1. The summed E-state index contributed by atoms with van der Waals surface area (Å²) in [5.41, 5.74) is 3.25. The first-order chi connectivity index (χ1) is 10.2. The fourth-order valence-corrected chi connectivity index (χ4v) is 2.91. The molecule has 0 spiro atoms. The molecule has 1 aliphatic rings. The van der Waals surface area contributed by atoms with E-state index in [1.54, 1.807) is 32.4 Å². The maximum Gasteiger partial charge on any atom is 0.167 e. The molecule has 3 nitrogen and oxygen atoms in total. The molecular weight excluding hydrogens is 264 g/mol. The number of carbonyl (C=O) groups excluding carboxylic acids is 1. The molecule has 1 unspecified atom stereocenters. The number of fused-ring (bicyclic) bond motifs is 1. The van der Waals surface area contributed by atoms with Gasteiger partial charge < -0.3 is 9.47 Å². The zero-order valence-electron chi connectivity index (χ0n) is 12.3. The van der Waals surface area contributed by atoms with Gasteiger partial charge in [0.25, 0.3) is 0 Å². The van der Waals surface area contributed by atoms with Crippen LogP contribution in [0.1, 0.15) is 33.8 Å². The van der Waals surface area contributed by atoms with Gasteiger partial charge in [0, 0.05) is 6.42 Å². The van der Waals surface area contributed by atoms with Gasteiger partial charge in [-0.2, -0.15) is 0 Å². The normalized spacial score (nSPS) is 15.8. The molecule has 0 aliphatic heterocycles. The van der Waals surface area contributed by atoms with Crippen LogP contribution in [-0.4, -0.2) is 20.0 Å². The van der Waals surface area contributed by atoms with E-state index in [1.807, 2.05) is 12.1 Å². The highest BCUT2D eigenvalue weighted by Gasteiger charge is 2.28. The number of benzene rings is 2. The van der Waals surface area contributed by atoms with Crippen molar-refractivity contribution in [3.8, 4) is 11.5 Å². The fourth-order valence-electron chi connectivity index (χ4n) is 2.91. The second kappa shape index (κ2) is 5.60. The van der Waals surface area contributed by atoms with Gasteiger partial charge >= 0.3 is 0 Å². The van der Waals surface area contributed by atoms with Crippen molar-refractivity contribution in [2.75, 3.05) is 14.2 Å². The Kier molecular flexibility index (Phi) is 3.65. The average molecular weight is 282 g/mol. The molecule has 0 bridgehead atoms.